The van der Waals surface area contributed by atoms with E-state index in [0.29, 0.717) is 30.8 Å². The van der Waals surface area contributed by atoms with E-state index in [1.165, 1.54) is 37.3 Å². The van der Waals surface area contributed by atoms with E-state index in [9.17, 15) is 18.7 Å². The zero-order valence-corrected chi connectivity index (χ0v) is 21.1. The van der Waals surface area contributed by atoms with Gasteiger partial charge in [0, 0.05) is 31.1 Å². The van der Waals surface area contributed by atoms with Crippen molar-refractivity contribution in [1.29, 1.82) is 5.26 Å². The molecule has 0 bridgehead atoms. The molecule has 1 saturated heterocycles. The van der Waals surface area contributed by atoms with Gasteiger partial charge in [0.05, 0.1) is 30.2 Å². The van der Waals surface area contributed by atoms with Crippen molar-refractivity contribution >= 4 is 21.7 Å². The van der Waals surface area contributed by atoms with Crippen LogP contribution in [-0.4, -0.2) is 53.2 Å². The molecule has 0 amide bonds. The summed E-state index contributed by atoms with van der Waals surface area (Å²) in [6.45, 7) is 6.54. The molecular formula is C25H36BrF2N3O4. The molecule has 1 fully saturated rings. The fourth-order valence-electron chi connectivity index (χ4n) is 2.66. The minimum atomic E-state index is -1.43. The van der Waals surface area contributed by atoms with E-state index in [0.717, 1.165) is 0 Å². The molecule has 2 aromatic rings. The maximum atomic E-state index is 13.0. The normalized spacial score (nSPS) is 18.9. The van der Waals surface area contributed by atoms with E-state index in [4.69, 9.17) is 20.8 Å². The molecule has 1 aliphatic rings. The quantitative estimate of drug-likeness (QED) is 0.330. The number of nitrogens with two attached hydrogens (primary N) is 1. The lowest BCUT2D eigenvalue weighted by Gasteiger charge is -2.38. The highest BCUT2D eigenvalue weighted by molar-refractivity contribution is 9.10. The summed E-state index contributed by atoms with van der Waals surface area (Å²) in [6.07, 6.45) is 0. The van der Waals surface area contributed by atoms with E-state index in [2.05, 4.69) is 21.2 Å². The fourth-order valence-corrected chi connectivity index (χ4v) is 2.93. The number of carbonyl (C=O) groups excluding carboxylic acids is 1. The number of morpholine rings is 1. The van der Waals surface area contributed by atoms with Crippen LogP contribution in [0.5, 0.6) is 0 Å². The Balaban J connectivity index is 0. The van der Waals surface area contributed by atoms with Crippen LogP contribution in [-0.2, 0) is 10.5 Å². The van der Waals surface area contributed by atoms with Gasteiger partial charge in [0.2, 0.25) is 5.79 Å². The van der Waals surface area contributed by atoms with Gasteiger partial charge in [-0.2, -0.15) is 5.26 Å². The Labute approximate surface area is 215 Å². The van der Waals surface area contributed by atoms with Crippen LogP contribution in [0.3, 0.4) is 0 Å². The predicted octanol–water partition coefficient (Wildman–Crippen LogP) is 3.87. The van der Waals surface area contributed by atoms with E-state index in [1.807, 2.05) is 6.92 Å². The predicted molar refractivity (Wildman–Crippen MR) is 137 cm³/mol. The minimum absolute atomic E-state index is 0. The molecular weight excluding hydrogens is 524 g/mol. The zero-order chi connectivity index (χ0) is 26.1. The van der Waals surface area contributed by atoms with Crippen molar-refractivity contribution in [1.82, 2.24) is 5.32 Å². The Kier molecular flexibility index (Phi) is 18.9. The van der Waals surface area contributed by atoms with Gasteiger partial charge in [-0.1, -0.05) is 47.6 Å². The first kappa shape index (κ1) is 34.9. The van der Waals surface area contributed by atoms with Crippen molar-refractivity contribution in [2.45, 2.75) is 44.9 Å². The van der Waals surface area contributed by atoms with Gasteiger partial charge in [0.25, 0.3) is 0 Å². The van der Waals surface area contributed by atoms with Crippen LogP contribution >= 0.6 is 15.9 Å². The van der Waals surface area contributed by atoms with Crippen LogP contribution < -0.4 is 11.1 Å². The summed E-state index contributed by atoms with van der Waals surface area (Å²) in [5.74, 6) is -2.29. The number of nitriles is 1. The van der Waals surface area contributed by atoms with E-state index >= 15 is 0 Å². The third-order valence-electron chi connectivity index (χ3n) is 4.30. The summed E-state index contributed by atoms with van der Waals surface area (Å²) < 4.78 is 31.0. The number of ketones is 1. The molecule has 1 aliphatic heterocycles. The van der Waals surface area contributed by atoms with Crippen LogP contribution in [0.4, 0.5) is 8.78 Å². The molecule has 1 heterocycles. The first-order valence-corrected chi connectivity index (χ1v) is 11.4. The van der Waals surface area contributed by atoms with Crippen molar-refractivity contribution in [3.63, 3.8) is 0 Å². The number of ether oxygens (including phenoxy) is 1. The molecule has 0 spiro atoms. The Morgan fingerprint density at radius 3 is 2.26 bits per heavy atom. The van der Waals surface area contributed by atoms with Crippen LogP contribution in [0, 0.1) is 23.0 Å². The number of Topliss-reactive ketones (excluding diaryl/α,β-unsaturated/α-hetero) is 1. The molecule has 7 nitrogen and oxygen atoms in total. The third kappa shape index (κ3) is 12.9. The summed E-state index contributed by atoms with van der Waals surface area (Å²) >= 11 is 3.13. The second-order valence-electron chi connectivity index (χ2n) is 6.96. The average molecular weight is 560 g/mol. The highest BCUT2D eigenvalue weighted by Gasteiger charge is 2.39. The van der Waals surface area contributed by atoms with E-state index in [-0.39, 0.29) is 42.3 Å². The highest BCUT2D eigenvalue weighted by atomic mass is 79.9. The number of carbonyl (C=O) groups is 1. The van der Waals surface area contributed by atoms with Gasteiger partial charge in [-0.05, 0) is 38.1 Å². The largest absolute Gasteiger partial charge is 0.395 e. The number of nitrogens with zero attached hydrogens (tertiary/aromatic N) is 1. The monoisotopic (exact) mass is 559 g/mol. The van der Waals surface area contributed by atoms with E-state index in [1.54, 1.807) is 31.2 Å². The Bertz CT molecular complexity index is 910. The smallest absolute Gasteiger partial charge is 0.208 e. The summed E-state index contributed by atoms with van der Waals surface area (Å²) in [7, 11) is 0. The standard InChI is InChI=1S/C11H14FNO2.C9H8BrFO.C2H7NO.C2H3N.CH4/c1-8-11(14,15-6-5-13-8)9-3-2-4-10(12)7-9;1-6(10)9(12)7-3-2-4-8(11)5-7;3-1-2-4;1-2-3;/h2-4,7-8,13-14H,5-6H2,1H3;2-6H,1H3;4H,1-3H2;1H3;1H4. The van der Waals surface area contributed by atoms with Crippen LogP contribution in [0.15, 0.2) is 48.5 Å². The summed E-state index contributed by atoms with van der Waals surface area (Å²) in [5, 5.41) is 28.4. The number of benzene rings is 2. The second kappa shape index (κ2) is 19.0. The molecule has 5 N–H and O–H groups in total. The number of hydrogen-bond donors (Lipinski definition) is 4. The minimum Gasteiger partial charge on any atom is -0.395 e. The molecule has 196 valence electrons. The van der Waals surface area contributed by atoms with Crippen molar-refractivity contribution < 1.29 is 28.5 Å². The van der Waals surface area contributed by atoms with Crippen molar-refractivity contribution in [3.05, 3.63) is 71.3 Å². The highest BCUT2D eigenvalue weighted by Crippen LogP contribution is 2.28. The molecule has 0 radical (unpaired) electrons. The van der Waals surface area contributed by atoms with Gasteiger partial charge in [-0.3, -0.25) is 4.79 Å². The zero-order valence-electron chi connectivity index (χ0n) is 19.5. The lowest BCUT2D eigenvalue weighted by atomic mass is 9.97. The number of aliphatic hydroxyl groups excluding tert-OH is 1. The number of aliphatic hydroxyl groups is 2. The van der Waals surface area contributed by atoms with Gasteiger partial charge in [-0.15, -0.1) is 0 Å². The molecule has 3 rings (SSSR count). The summed E-state index contributed by atoms with van der Waals surface area (Å²) in [6, 6.07) is 13.0. The number of hydrogen-bond acceptors (Lipinski definition) is 7. The van der Waals surface area contributed by atoms with Crippen LogP contribution in [0.25, 0.3) is 0 Å². The van der Waals surface area contributed by atoms with E-state index < -0.39 is 5.79 Å². The molecule has 0 aliphatic carbocycles. The van der Waals surface area contributed by atoms with Gasteiger partial charge >= 0.3 is 0 Å². The third-order valence-corrected chi connectivity index (χ3v) is 4.72. The Morgan fingerprint density at radius 2 is 1.83 bits per heavy atom. The SMILES string of the molecule is C.CC#N.CC(Br)C(=O)c1cccc(F)c1.CC1NCCOC1(O)c1cccc(F)c1.NCCO. The van der Waals surface area contributed by atoms with Gasteiger partial charge in [-0.25, -0.2) is 8.78 Å². The Hall–Kier alpha value is -2.26. The maximum absolute atomic E-state index is 13.0. The molecule has 35 heavy (non-hydrogen) atoms. The Morgan fingerprint density at radius 1 is 1.31 bits per heavy atom. The topological polar surface area (TPSA) is 129 Å². The second-order valence-corrected chi connectivity index (χ2v) is 8.33. The summed E-state index contributed by atoms with van der Waals surface area (Å²) in [5.41, 5.74) is 5.63. The number of rotatable bonds is 4. The number of nitrogens with one attached hydrogen (secondary N) is 1. The van der Waals surface area contributed by atoms with Crippen molar-refractivity contribution in [2.24, 2.45) is 5.73 Å². The average Bonchev–Trinajstić information content (AvgIpc) is 2.81. The lowest BCUT2D eigenvalue weighted by molar-refractivity contribution is -0.245. The molecule has 2 aromatic carbocycles. The summed E-state index contributed by atoms with van der Waals surface area (Å²) in [4.78, 5) is 11.0. The fraction of sp³-hybridized carbons (Fsp3) is 0.440. The van der Waals surface area contributed by atoms with Crippen molar-refractivity contribution in [3.8, 4) is 6.07 Å². The number of alkyl halides is 1. The van der Waals surface area contributed by atoms with Crippen LogP contribution in [0.1, 0.15) is 44.1 Å². The maximum Gasteiger partial charge on any atom is 0.208 e. The molecule has 3 unspecified atom stereocenters. The number of halogens is 3. The lowest BCUT2D eigenvalue weighted by Crippen LogP contribution is -2.54. The molecule has 0 saturated carbocycles. The molecule has 10 heteroatoms. The first-order valence-electron chi connectivity index (χ1n) is 10.5. The van der Waals surface area contributed by atoms with Crippen LogP contribution in [0.2, 0.25) is 0 Å². The first-order chi connectivity index (χ1) is 16.1. The van der Waals surface area contributed by atoms with Gasteiger partial charge in [0.1, 0.15) is 11.6 Å². The molecule has 3 atom stereocenters. The molecule has 0 aromatic heterocycles. The van der Waals surface area contributed by atoms with Crippen molar-refractivity contribution in [2.75, 3.05) is 26.3 Å². The van der Waals surface area contributed by atoms with Gasteiger partial charge < -0.3 is 26.0 Å². The van der Waals surface area contributed by atoms with Gasteiger partial charge in [0.15, 0.2) is 5.78 Å².